The molecule has 0 saturated carbocycles. The Balaban J connectivity index is 1.88. The van der Waals surface area contributed by atoms with Gasteiger partial charge in [0.2, 0.25) is 0 Å². The van der Waals surface area contributed by atoms with Crippen LogP contribution in [0.15, 0.2) is 60.7 Å². The Morgan fingerprint density at radius 1 is 0.850 bits per heavy atom. The fourth-order valence-corrected chi connectivity index (χ4v) is 2.80. The molecule has 0 unspecified atom stereocenters. The van der Waals surface area contributed by atoms with E-state index in [2.05, 4.69) is 71.6 Å². The molecular weight excluding hydrogens is 242 g/mol. The molecule has 0 spiro atoms. The summed E-state index contributed by atoms with van der Waals surface area (Å²) in [6.45, 7) is 3.52. The molecule has 1 heteroatoms. The zero-order valence-corrected chi connectivity index (χ0v) is 11.8. The summed E-state index contributed by atoms with van der Waals surface area (Å²) in [5.74, 6) is 0. The van der Waals surface area contributed by atoms with Gasteiger partial charge in [-0.25, -0.2) is 0 Å². The van der Waals surface area contributed by atoms with Gasteiger partial charge in [0.25, 0.3) is 0 Å². The zero-order valence-electron chi connectivity index (χ0n) is 11.8. The van der Waals surface area contributed by atoms with Crippen LogP contribution in [0.4, 0.5) is 0 Å². The van der Waals surface area contributed by atoms with Crippen LogP contribution >= 0.6 is 0 Å². The van der Waals surface area contributed by atoms with Crippen LogP contribution in [0.2, 0.25) is 0 Å². The van der Waals surface area contributed by atoms with Crippen LogP contribution in [0.1, 0.15) is 24.0 Å². The number of likely N-dealkylation sites (tertiary alicyclic amines) is 1. The maximum absolute atomic E-state index is 2.56. The van der Waals surface area contributed by atoms with Gasteiger partial charge in [-0.15, -0.1) is 0 Å². The predicted octanol–water partition coefficient (Wildman–Crippen LogP) is 4.32. The molecule has 1 aliphatic heterocycles. The van der Waals surface area contributed by atoms with Crippen LogP contribution in [0, 0.1) is 0 Å². The topological polar surface area (TPSA) is 3.24 Å². The third-order valence-electron chi connectivity index (χ3n) is 3.88. The summed E-state index contributed by atoms with van der Waals surface area (Å²) in [6.07, 6.45) is 5.01. The Morgan fingerprint density at radius 2 is 1.45 bits per heavy atom. The maximum Gasteiger partial charge on any atom is 0.0239 e. The molecule has 0 aliphatic carbocycles. The third-order valence-corrected chi connectivity index (χ3v) is 3.88. The SMILES string of the molecule is C(=C(/CN1CCCC1)c1ccccc1)/c1ccccc1. The highest BCUT2D eigenvalue weighted by Crippen LogP contribution is 2.21. The summed E-state index contributed by atoms with van der Waals surface area (Å²) in [5.41, 5.74) is 4.03. The van der Waals surface area contributed by atoms with E-state index in [9.17, 15) is 0 Å². The summed E-state index contributed by atoms with van der Waals surface area (Å²) in [5, 5.41) is 0. The molecule has 0 bridgehead atoms. The van der Waals surface area contributed by atoms with Gasteiger partial charge in [-0.2, -0.15) is 0 Å². The van der Waals surface area contributed by atoms with Gasteiger partial charge >= 0.3 is 0 Å². The van der Waals surface area contributed by atoms with Gasteiger partial charge in [-0.1, -0.05) is 60.7 Å². The van der Waals surface area contributed by atoms with E-state index in [1.807, 2.05) is 0 Å². The van der Waals surface area contributed by atoms with Gasteiger partial charge in [-0.05, 0) is 48.7 Å². The molecular formula is C19H21N. The Morgan fingerprint density at radius 3 is 2.10 bits per heavy atom. The van der Waals surface area contributed by atoms with E-state index in [4.69, 9.17) is 0 Å². The lowest BCUT2D eigenvalue weighted by Crippen LogP contribution is -2.21. The highest BCUT2D eigenvalue weighted by atomic mass is 15.1. The molecule has 1 heterocycles. The van der Waals surface area contributed by atoms with E-state index < -0.39 is 0 Å². The van der Waals surface area contributed by atoms with E-state index in [-0.39, 0.29) is 0 Å². The first-order valence-electron chi connectivity index (χ1n) is 7.45. The lowest BCUT2D eigenvalue weighted by molar-refractivity contribution is 0.383. The van der Waals surface area contributed by atoms with Crippen molar-refractivity contribution in [2.45, 2.75) is 12.8 Å². The minimum atomic E-state index is 1.05. The molecule has 1 nitrogen and oxygen atoms in total. The minimum absolute atomic E-state index is 1.05. The molecule has 0 aromatic heterocycles. The summed E-state index contributed by atoms with van der Waals surface area (Å²) >= 11 is 0. The lowest BCUT2D eigenvalue weighted by atomic mass is 10.0. The van der Waals surface area contributed by atoms with Crippen molar-refractivity contribution in [3.05, 3.63) is 71.8 Å². The van der Waals surface area contributed by atoms with Crippen LogP contribution in [0.25, 0.3) is 11.6 Å². The molecule has 3 rings (SSSR count). The number of benzene rings is 2. The van der Waals surface area contributed by atoms with Crippen molar-refractivity contribution in [2.24, 2.45) is 0 Å². The monoisotopic (exact) mass is 263 g/mol. The smallest absolute Gasteiger partial charge is 0.0239 e. The Hall–Kier alpha value is -1.86. The van der Waals surface area contributed by atoms with Gasteiger partial charge in [0, 0.05) is 6.54 Å². The van der Waals surface area contributed by atoms with Crippen LogP contribution < -0.4 is 0 Å². The molecule has 0 amide bonds. The molecule has 0 radical (unpaired) electrons. The normalized spacial score (nSPS) is 16.5. The summed E-state index contributed by atoms with van der Waals surface area (Å²) < 4.78 is 0. The molecule has 102 valence electrons. The molecule has 1 fully saturated rings. The maximum atomic E-state index is 2.56. The van der Waals surface area contributed by atoms with Gasteiger partial charge in [0.15, 0.2) is 0 Å². The Kier molecular flexibility index (Phi) is 4.29. The summed E-state index contributed by atoms with van der Waals surface area (Å²) in [6, 6.07) is 21.4. The molecule has 0 N–H and O–H groups in total. The van der Waals surface area contributed by atoms with Crippen LogP contribution in [-0.4, -0.2) is 24.5 Å². The average molecular weight is 263 g/mol. The number of nitrogens with zero attached hydrogens (tertiary/aromatic N) is 1. The second-order valence-electron chi connectivity index (χ2n) is 5.43. The molecule has 2 aromatic carbocycles. The summed E-state index contributed by atoms with van der Waals surface area (Å²) in [4.78, 5) is 2.56. The quantitative estimate of drug-likeness (QED) is 0.742. The van der Waals surface area contributed by atoms with Gasteiger partial charge in [-0.3, -0.25) is 4.90 Å². The van der Waals surface area contributed by atoms with E-state index in [1.165, 1.54) is 42.6 Å². The predicted molar refractivity (Wildman–Crippen MR) is 86.4 cm³/mol. The van der Waals surface area contributed by atoms with Crippen molar-refractivity contribution in [2.75, 3.05) is 19.6 Å². The van der Waals surface area contributed by atoms with Crippen LogP contribution in [0.5, 0.6) is 0 Å². The van der Waals surface area contributed by atoms with Gasteiger partial charge in [0.1, 0.15) is 0 Å². The van der Waals surface area contributed by atoms with Crippen molar-refractivity contribution in [1.82, 2.24) is 4.90 Å². The average Bonchev–Trinajstić information content (AvgIpc) is 3.02. The number of hydrogen-bond acceptors (Lipinski definition) is 1. The first kappa shape index (κ1) is 13.1. The van der Waals surface area contributed by atoms with Crippen molar-refractivity contribution in [3.63, 3.8) is 0 Å². The highest BCUT2D eigenvalue weighted by Gasteiger charge is 2.13. The molecule has 1 aliphatic rings. The van der Waals surface area contributed by atoms with Gasteiger partial charge in [0.05, 0.1) is 0 Å². The van der Waals surface area contributed by atoms with Crippen molar-refractivity contribution < 1.29 is 0 Å². The van der Waals surface area contributed by atoms with Crippen LogP contribution in [0.3, 0.4) is 0 Å². The first-order valence-corrected chi connectivity index (χ1v) is 7.45. The van der Waals surface area contributed by atoms with E-state index in [0.29, 0.717) is 0 Å². The molecule has 0 atom stereocenters. The van der Waals surface area contributed by atoms with Crippen molar-refractivity contribution >= 4 is 11.6 Å². The van der Waals surface area contributed by atoms with Crippen molar-refractivity contribution in [1.29, 1.82) is 0 Å². The summed E-state index contributed by atoms with van der Waals surface area (Å²) in [7, 11) is 0. The molecule has 20 heavy (non-hydrogen) atoms. The Bertz CT molecular complexity index is 551. The van der Waals surface area contributed by atoms with E-state index >= 15 is 0 Å². The molecule has 2 aromatic rings. The largest absolute Gasteiger partial charge is 0.299 e. The van der Waals surface area contributed by atoms with E-state index in [1.54, 1.807) is 0 Å². The van der Waals surface area contributed by atoms with Crippen molar-refractivity contribution in [3.8, 4) is 0 Å². The minimum Gasteiger partial charge on any atom is -0.299 e. The van der Waals surface area contributed by atoms with Gasteiger partial charge < -0.3 is 0 Å². The number of hydrogen-bond donors (Lipinski definition) is 0. The fourth-order valence-electron chi connectivity index (χ4n) is 2.80. The second kappa shape index (κ2) is 6.53. The third kappa shape index (κ3) is 3.37. The molecule has 1 saturated heterocycles. The Labute approximate surface area is 121 Å². The fraction of sp³-hybridized carbons (Fsp3) is 0.263. The first-order chi connectivity index (χ1) is 9.92. The number of rotatable bonds is 4. The lowest BCUT2D eigenvalue weighted by Gasteiger charge is -2.18. The van der Waals surface area contributed by atoms with E-state index in [0.717, 1.165) is 6.54 Å². The standard InChI is InChI=1S/C19H21N/c1-3-9-17(10-4-1)15-19(16-20-13-7-8-14-20)18-11-5-2-6-12-18/h1-6,9-12,15H,7-8,13-14,16H2/b19-15+. The second-order valence-corrected chi connectivity index (χ2v) is 5.43. The zero-order chi connectivity index (χ0) is 13.6. The van der Waals surface area contributed by atoms with Crippen LogP contribution in [-0.2, 0) is 0 Å². The highest BCUT2D eigenvalue weighted by molar-refractivity contribution is 5.82.